The molecular formula is C17H15N3O4. The van der Waals surface area contributed by atoms with Gasteiger partial charge in [0.15, 0.2) is 6.61 Å². The van der Waals surface area contributed by atoms with Gasteiger partial charge in [0, 0.05) is 12.4 Å². The first-order chi connectivity index (χ1) is 11.6. The number of aromatic nitrogens is 2. The molecule has 0 aliphatic heterocycles. The molecule has 2 aromatic heterocycles. The van der Waals surface area contributed by atoms with E-state index in [1.807, 2.05) is 28.8 Å². The lowest BCUT2D eigenvalue weighted by molar-refractivity contribution is -0.119. The number of primary amides is 1. The average Bonchev–Trinajstić information content (AvgIpc) is 3.01. The molecule has 3 aromatic rings. The Hall–Kier alpha value is -3.35. The minimum absolute atomic E-state index is 0.0324. The fourth-order valence-corrected chi connectivity index (χ4v) is 2.18. The average molecular weight is 325 g/mol. The second-order valence-corrected chi connectivity index (χ2v) is 5.03. The summed E-state index contributed by atoms with van der Waals surface area (Å²) in [5, 5.41) is 0. The summed E-state index contributed by atoms with van der Waals surface area (Å²) >= 11 is 0. The summed E-state index contributed by atoms with van der Waals surface area (Å²) in [6.07, 6.45) is 3.65. The predicted octanol–water partition coefficient (Wildman–Crippen LogP) is 1.56. The standard InChI is InChI=1S/C17H15N3O4/c18-15(21)11-23-14-6-2-1-5-13(14)17(22)24-10-12-9-20-8-4-3-7-16(20)19-12/h1-9H,10-11H2,(H2,18,21). The van der Waals surface area contributed by atoms with Crippen LogP contribution in [0.15, 0.2) is 54.9 Å². The number of hydrogen-bond acceptors (Lipinski definition) is 5. The number of imidazole rings is 1. The number of pyridine rings is 1. The van der Waals surface area contributed by atoms with E-state index in [-0.39, 0.29) is 24.5 Å². The Bertz CT molecular complexity index is 855. The van der Waals surface area contributed by atoms with Crippen molar-refractivity contribution in [2.24, 2.45) is 5.73 Å². The van der Waals surface area contributed by atoms with Crippen LogP contribution in [-0.4, -0.2) is 27.9 Å². The fraction of sp³-hybridized carbons (Fsp3) is 0.118. The molecule has 1 aromatic carbocycles. The number of fused-ring (bicyclic) bond motifs is 1. The minimum Gasteiger partial charge on any atom is -0.483 e. The van der Waals surface area contributed by atoms with Gasteiger partial charge in [0.1, 0.15) is 23.6 Å². The Kier molecular flexibility index (Phi) is 4.42. The Morgan fingerprint density at radius 2 is 1.92 bits per heavy atom. The molecular weight excluding hydrogens is 310 g/mol. The molecule has 0 spiro atoms. The van der Waals surface area contributed by atoms with Gasteiger partial charge in [-0.2, -0.15) is 0 Å². The van der Waals surface area contributed by atoms with Crippen molar-refractivity contribution in [2.45, 2.75) is 6.61 Å². The van der Waals surface area contributed by atoms with Crippen LogP contribution >= 0.6 is 0 Å². The van der Waals surface area contributed by atoms with Crippen LogP contribution in [0.1, 0.15) is 16.1 Å². The quantitative estimate of drug-likeness (QED) is 0.694. The molecule has 0 saturated heterocycles. The maximum atomic E-state index is 12.2. The van der Waals surface area contributed by atoms with Gasteiger partial charge in [0.05, 0.1) is 5.69 Å². The van der Waals surface area contributed by atoms with Gasteiger partial charge in [-0.25, -0.2) is 9.78 Å². The van der Waals surface area contributed by atoms with Gasteiger partial charge in [-0.15, -0.1) is 0 Å². The Morgan fingerprint density at radius 1 is 1.12 bits per heavy atom. The number of benzene rings is 1. The van der Waals surface area contributed by atoms with Gasteiger partial charge in [-0.05, 0) is 24.3 Å². The van der Waals surface area contributed by atoms with E-state index < -0.39 is 11.9 Å². The van der Waals surface area contributed by atoms with Crippen molar-refractivity contribution in [3.05, 3.63) is 66.1 Å². The summed E-state index contributed by atoms with van der Waals surface area (Å²) in [5.74, 6) is -0.939. The highest BCUT2D eigenvalue weighted by molar-refractivity contribution is 5.92. The van der Waals surface area contributed by atoms with E-state index in [1.165, 1.54) is 0 Å². The maximum Gasteiger partial charge on any atom is 0.342 e. The first-order valence-corrected chi connectivity index (χ1v) is 7.23. The second-order valence-electron chi connectivity index (χ2n) is 5.03. The SMILES string of the molecule is NC(=O)COc1ccccc1C(=O)OCc1cn2ccccc2n1. The second kappa shape index (κ2) is 6.82. The van der Waals surface area contributed by atoms with Gasteiger partial charge >= 0.3 is 5.97 Å². The van der Waals surface area contributed by atoms with Crippen molar-refractivity contribution in [1.29, 1.82) is 0 Å². The van der Waals surface area contributed by atoms with Crippen LogP contribution in [0.4, 0.5) is 0 Å². The normalized spacial score (nSPS) is 10.5. The molecule has 7 nitrogen and oxygen atoms in total. The monoisotopic (exact) mass is 325 g/mol. The smallest absolute Gasteiger partial charge is 0.342 e. The van der Waals surface area contributed by atoms with E-state index in [2.05, 4.69) is 4.98 Å². The van der Waals surface area contributed by atoms with Crippen LogP contribution in [0.2, 0.25) is 0 Å². The lowest BCUT2D eigenvalue weighted by Gasteiger charge is -2.09. The molecule has 1 amide bonds. The molecule has 0 fully saturated rings. The highest BCUT2D eigenvalue weighted by atomic mass is 16.5. The highest BCUT2D eigenvalue weighted by Crippen LogP contribution is 2.19. The summed E-state index contributed by atoms with van der Waals surface area (Å²) in [6.45, 7) is -0.276. The van der Waals surface area contributed by atoms with Crippen molar-refractivity contribution in [1.82, 2.24) is 9.38 Å². The van der Waals surface area contributed by atoms with Crippen LogP contribution in [-0.2, 0) is 16.1 Å². The molecule has 122 valence electrons. The number of amides is 1. The fourth-order valence-electron chi connectivity index (χ4n) is 2.18. The molecule has 0 aliphatic rings. The van der Waals surface area contributed by atoms with E-state index in [0.717, 1.165) is 5.65 Å². The number of carbonyl (C=O) groups is 2. The van der Waals surface area contributed by atoms with Crippen LogP contribution < -0.4 is 10.5 Å². The third kappa shape index (κ3) is 3.52. The lowest BCUT2D eigenvalue weighted by atomic mass is 10.2. The van der Waals surface area contributed by atoms with Gasteiger partial charge < -0.3 is 19.6 Å². The molecule has 0 unspecified atom stereocenters. The molecule has 2 heterocycles. The number of esters is 1. The first kappa shape index (κ1) is 15.5. The number of ether oxygens (including phenoxy) is 2. The van der Waals surface area contributed by atoms with Crippen LogP contribution in [0, 0.1) is 0 Å². The third-order valence-corrected chi connectivity index (χ3v) is 3.24. The van der Waals surface area contributed by atoms with Crippen molar-refractivity contribution >= 4 is 17.5 Å². The molecule has 0 atom stereocenters. The summed E-state index contributed by atoms with van der Waals surface area (Å²) in [4.78, 5) is 27.4. The number of carbonyl (C=O) groups excluding carboxylic acids is 2. The molecule has 24 heavy (non-hydrogen) atoms. The zero-order chi connectivity index (χ0) is 16.9. The highest BCUT2D eigenvalue weighted by Gasteiger charge is 2.15. The van der Waals surface area contributed by atoms with Crippen LogP contribution in [0.5, 0.6) is 5.75 Å². The topological polar surface area (TPSA) is 95.9 Å². The Labute approximate surface area is 137 Å². The van der Waals surface area contributed by atoms with Crippen molar-refractivity contribution < 1.29 is 19.1 Å². The number of hydrogen-bond donors (Lipinski definition) is 1. The van der Waals surface area contributed by atoms with Crippen molar-refractivity contribution in [2.75, 3.05) is 6.61 Å². The third-order valence-electron chi connectivity index (χ3n) is 3.24. The van der Waals surface area contributed by atoms with E-state index >= 15 is 0 Å². The maximum absolute atomic E-state index is 12.2. The number of nitrogens with two attached hydrogens (primary N) is 1. The first-order valence-electron chi connectivity index (χ1n) is 7.23. The predicted molar refractivity (Wildman–Crippen MR) is 85.4 cm³/mol. The number of nitrogens with zero attached hydrogens (tertiary/aromatic N) is 2. The number of para-hydroxylation sites is 1. The van der Waals surface area contributed by atoms with Gasteiger partial charge in [0.25, 0.3) is 5.91 Å². The lowest BCUT2D eigenvalue weighted by Crippen LogP contribution is -2.21. The molecule has 0 saturated carbocycles. The van der Waals surface area contributed by atoms with Crippen LogP contribution in [0.3, 0.4) is 0 Å². The molecule has 0 radical (unpaired) electrons. The summed E-state index contributed by atoms with van der Waals surface area (Å²) < 4.78 is 12.3. The summed E-state index contributed by atoms with van der Waals surface area (Å²) in [5.41, 5.74) is 6.67. The van der Waals surface area contributed by atoms with E-state index in [0.29, 0.717) is 5.69 Å². The molecule has 2 N–H and O–H groups in total. The van der Waals surface area contributed by atoms with Gasteiger partial charge in [-0.3, -0.25) is 4.79 Å². The Balaban J connectivity index is 1.69. The van der Waals surface area contributed by atoms with Gasteiger partial charge in [-0.1, -0.05) is 18.2 Å². The van der Waals surface area contributed by atoms with E-state index in [4.69, 9.17) is 15.2 Å². The summed E-state index contributed by atoms with van der Waals surface area (Å²) in [6, 6.07) is 12.1. The molecule has 7 heteroatoms. The molecule has 0 bridgehead atoms. The summed E-state index contributed by atoms with van der Waals surface area (Å²) in [7, 11) is 0. The zero-order valence-corrected chi connectivity index (χ0v) is 12.7. The zero-order valence-electron chi connectivity index (χ0n) is 12.7. The van der Waals surface area contributed by atoms with Crippen molar-refractivity contribution in [3.63, 3.8) is 0 Å². The molecule has 0 aliphatic carbocycles. The number of rotatable bonds is 6. The Morgan fingerprint density at radius 3 is 2.71 bits per heavy atom. The van der Waals surface area contributed by atoms with Crippen molar-refractivity contribution in [3.8, 4) is 5.75 Å². The minimum atomic E-state index is -0.622. The van der Waals surface area contributed by atoms with Gasteiger partial charge in [0.2, 0.25) is 0 Å². The largest absolute Gasteiger partial charge is 0.483 e. The van der Waals surface area contributed by atoms with E-state index in [9.17, 15) is 9.59 Å². The molecule has 3 rings (SSSR count). The van der Waals surface area contributed by atoms with Crippen LogP contribution in [0.25, 0.3) is 5.65 Å². The van der Waals surface area contributed by atoms with E-state index in [1.54, 1.807) is 30.5 Å².